The van der Waals surface area contributed by atoms with Gasteiger partial charge in [-0.05, 0) is 61.6 Å². The number of imidazole rings is 1. The Kier molecular flexibility index (Phi) is 12.7. The van der Waals surface area contributed by atoms with E-state index in [1.807, 2.05) is 30.3 Å². The molecule has 7 heteroatoms. The van der Waals surface area contributed by atoms with E-state index < -0.39 is 13.3 Å². The third-order valence-corrected chi connectivity index (χ3v) is 15.5. The van der Waals surface area contributed by atoms with Crippen LogP contribution in [-0.2, 0) is 26.5 Å². The molecule has 1 unspecified atom stereocenters. The number of aromatic nitrogens is 4. The topological polar surface area (TPSA) is 56.7 Å². The first kappa shape index (κ1) is 43.2. The van der Waals surface area contributed by atoms with Crippen molar-refractivity contribution in [2.24, 2.45) is 11.3 Å². The monoisotopic (exact) mass is 1010 g/mol. The second kappa shape index (κ2) is 17.1. The summed E-state index contributed by atoms with van der Waals surface area (Å²) in [5.41, 5.74) is 13.9. The molecule has 4 aromatic carbocycles. The molecule has 0 bridgehead atoms. The van der Waals surface area contributed by atoms with Crippen molar-refractivity contribution in [1.82, 2.24) is 19.5 Å². The van der Waals surface area contributed by atoms with Gasteiger partial charge in [-0.25, -0.2) is 4.98 Å². The summed E-state index contributed by atoms with van der Waals surface area (Å²) < 4.78 is 10.3. The largest absolute Gasteiger partial charge is 0.486 e. The normalized spacial score (nSPS) is 12.5. The number of nitrogens with zero attached hydrogens (tertiary/aromatic N) is 4. The number of hydrogen-bond acceptors (Lipinski definition) is 4. The summed E-state index contributed by atoms with van der Waals surface area (Å²) in [6.07, 6.45) is 3.27. The fraction of sp³-hybridized carbons (Fsp3) is 0.314. The van der Waals surface area contributed by atoms with Crippen molar-refractivity contribution in [1.29, 1.82) is 0 Å². The van der Waals surface area contributed by atoms with Crippen molar-refractivity contribution < 1.29 is 24.5 Å². The Morgan fingerprint density at radius 2 is 1.50 bits per heavy atom. The van der Waals surface area contributed by atoms with Gasteiger partial charge in [0.15, 0.2) is 0 Å². The molecule has 8 rings (SSSR count). The molecular weight excluding hydrogens is 949 g/mol. The number of benzene rings is 4. The van der Waals surface area contributed by atoms with Crippen molar-refractivity contribution in [3.63, 3.8) is 0 Å². The van der Waals surface area contributed by atoms with Crippen molar-refractivity contribution in [3.05, 3.63) is 137 Å². The average Bonchev–Trinajstić information content (AvgIpc) is 3.72. The van der Waals surface area contributed by atoms with E-state index >= 15 is 0 Å². The second-order valence-corrected chi connectivity index (χ2v) is 28.8. The van der Waals surface area contributed by atoms with Crippen LogP contribution in [0.15, 0.2) is 102 Å². The van der Waals surface area contributed by atoms with Crippen LogP contribution in [0.3, 0.4) is 0 Å². The second-order valence-electron chi connectivity index (χ2n) is 18.2. The Balaban J connectivity index is 0.000000230. The van der Waals surface area contributed by atoms with E-state index in [9.17, 15) is 0 Å². The first-order chi connectivity index (χ1) is 27.0. The van der Waals surface area contributed by atoms with Gasteiger partial charge in [0.2, 0.25) is 5.71 Å². The quantitative estimate of drug-likeness (QED) is 0.118. The zero-order valence-electron chi connectivity index (χ0n) is 36.1. The molecule has 8 aromatic rings. The number of pyridine rings is 2. The maximum Gasteiger partial charge on any atom is 0.216 e. The van der Waals surface area contributed by atoms with E-state index in [1.165, 1.54) is 22.3 Å². The standard InChI is InChI=1S/C33H32N3O.C18H24GeN.Ir/c1-19-17-20(2)29(21(3)18-19)36-28-14-9-8-13-27(28)34-31(36)25-12-10-11-23-24-15-16-26(22(4)33(5,6)7)35-32(24)37-30(23)25;1-14(2)11-16-12-18(15-9-7-6-8-10-15)20-13-17(16)19(3,4)5;/h8-11,13-18,22H,1-7H3;6-9,12-14H,11H2,1-5H3;/q2*-1;. The van der Waals surface area contributed by atoms with Crippen LogP contribution in [-0.4, -0.2) is 32.8 Å². The number of aryl methyl sites for hydroxylation is 3. The molecule has 0 saturated carbocycles. The van der Waals surface area contributed by atoms with E-state index in [0.717, 1.165) is 67.8 Å². The number of rotatable bonds is 7. The molecule has 301 valence electrons. The van der Waals surface area contributed by atoms with E-state index in [-0.39, 0.29) is 25.5 Å². The van der Waals surface area contributed by atoms with E-state index in [2.05, 4.69) is 163 Å². The number of hydrogen-bond donors (Lipinski definition) is 0. The van der Waals surface area contributed by atoms with Gasteiger partial charge in [-0.2, -0.15) is 0 Å². The summed E-state index contributed by atoms with van der Waals surface area (Å²) in [7, 11) is 0. The van der Waals surface area contributed by atoms with Crippen LogP contribution in [0.5, 0.6) is 0 Å². The Bertz CT molecular complexity index is 2690. The minimum atomic E-state index is -1.86. The molecule has 0 spiro atoms. The number of furan rings is 1. The minimum absolute atomic E-state index is 0. The fourth-order valence-electron chi connectivity index (χ4n) is 7.91. The molecule has 1 radical (unpaired) electrons. The zero-order chi connectivity index (χ0) is 40.8. The molecule has 0 fully saturated rings. The molecule has 0 aliphatic heterocycles. The number of para-hydroxylation sites is 2. The first-order valence-corrected chi connectivity index (χ1v) is 27.6. The molecule has 5 nitrogen and oxygen atoms in total. The van der Waals surface area contributed by atoms with E-state index in [4.69, 9.17) is 19.4 Å². The van der Waals surface area contributed by atoms with E-state index in [0.29, 0.717) is 17.5 Å². The van der Waals surface area contributed by atoms with Crippen molar-refractivity contribution in [3.8, 4) is 28.3 Å². The Morgan fingerprint density at radius 1 is 0.793 bits per heavy atom. The van der Waals surface area contributed by atoms with E-state index in [1.54, 1.807) is 4.40 Å². The first-order valence-electron chi connectivity index (χ1n) is 20.3. The van der Waals surface area contributed by atoms with Crippen LogP contribution >= 0.6 is 0 Å². The van der Waals surface area contributed by atoms with Crippen molar-refractivity contribution in [2.75, 3.05) is 0 Å². The van der Waals surface area contributed by atoms with Gasteiger partial charge in [0.05, 0.1) is 22.4 Å². The molecule has 0 aliphatic carbocycles. The molecule has 1 atom stereocenters. The van der Waals surface area contributed by atoms with Crippen molar-refractivity contribution in [2.45, 2.75) is 91.9 Å². The molecule has 58 heavy (non-hydrogen) atoms. The average molecular weight is 1010 g/mol. The third-order valence-electron chi connectivity index (χ3n) is 11.1. The van der Waals surface area contributed by atoms with Gasteiger partial charge in [-0.3, -0.25) is 4.98 Å². The summed E-state index contributed by atoms with van der Waals surface area (Å²) in [5.74, 6) is 9.12. The van der Waals surface area contributed by atoms with Gasteiger partial charge >= 0.3 is 126 Å². The molecule has 4 aromatic heterocycles. The molecule has 0 N–H and O–H groups in total. The van der Waals surface area contributed by atoms with Crippen LogP contribution in [0.25, 0.3) is 61.4 Å². The molecule has 0 amide bonds. The predicted octanol–water partition coefficient (Wildman–Crippen LogP) is 13.2. The molecule has 4 heterocycles. The fourth-order valence-corrected chi connectivity index (χ4v) is 11.2. The molecular formula is C51H56GeIrN4O-2. The Labute approximate surface area is 361 Å². The van der Waals surface area contributed by atoms with Crippen LogP contribution in [0.2, 0.25) is 17.3 Å². The number of fused-ring (bicyclic) bond motifs is 4. The van der Waals surface area contributed by atoms with Gasteiger partial charge in [0.25, 0.3) is 0 Å². The van der Waals surface area contributed by atoms with Crippen LogP contribution in [0.1, 0.15) is 75.4 Å². The van der Waals surface area contributed by atoms with Crippen LogP contribution in [0.4, 0.5) is 0 Å². The minimum Gasteiger partial charge on any atom is -0.486 e. The van der Waals surface area contributed by atoms with Gasteiger partial charge in [-0.1, -0.05) is 68.5 Å². The zero-order valence-corrected chi connectivity index (χ0v) is 40.6. The van der Waals surface area contributed by atoms with Gasteiger partial charge < -0.3 is 8.98 Å². The summed E-state index contributed by atoms with van der Waals surface area (Å²) in [6, 6.07) is 38.2. The maximum atomic E-state index is 6.51. The summed E-state index contributed by atoms with van der Waals surface area (Å²) in [4.78, 5) is 14.8. The smallest absolute Gasteiger partial charge is 0.216 e. The summed E-state index contributed by atoms with van der Waals surface area (Å²) >= 11 is -1.86. The van der Waals surface area contributed by atoms with Gasteiger partial charge in [0.1, 0.15) is 0 Å². The Morgan fingerprint density at radius 3 is 2.16 bits per heavy atom. The Hall–Kier alpha value is -4.36. The third kappa shape index (κ3) is 8.81. The molecule has 0 aliphatic rings. The van der Waals surface area contributed by atoms with Gasteiger partial charge in [0, 0.05) is 42.8 Å². The van der Waals surface area contributed by atoms with Gasteiger partial charge in [-0.15, -0.1) is 18.2 Å². The maximum absolute atomic E-state index is 6.51. The summed E-state index contributed by atoms with van der Waals surface area (Å²) in [6.45, 7) is 20.0. The molecule has 0 saturated heterocycles. The van der Waals surface area contributed by atoms with Crippen LogP contribution in [0, 0.1) is 44.2 Å². The SMILES string of the molecule is CC(C)Cc1cc(-c2[c-]cccc2)nc[c]1[Ge]([CH3])([CH3])[CH3].Cc1cc(C)c(-n2c(-c3[c-]ccc4c3oc3nc(C(C)C(C)(C)C)ccc34)nc3ccccc32)c(C)c1.[Ir]. The van der Waals surface area contributed by atoms with Crippen molar-refractivity contribution >= 4 is 50.8 Å². The predicted molar refractivity (Wildman–Crippen MR) is 243 cm³/mol. The van der Waals surface area contributed by atoms with Crippen LogP contribution < -0.4 is 4.40 Å². The summed E-state index contributed by atoms with van der Waals surface area (Å²) in [5, 5.41) is 2.04.